The van der Waals surface area contributed by atoms with Crippen LogP contribution in [0.3, 0.4) is 0 Å². The highest BCUT2D eigenvalue weighted by molar-refractivity contribution is 7.22. The van der Waals surface area contributed by atoms with Crippen LogP contribution in [0.5, 0.6) is 5.75 Å². The van der Waals surface area contributed by atoms with Crippen molar-refractivity contribution < 1.29 is 9.53 Å². The topological polar surface area (TPSA) is 42.4 Å². The number of halogens is 2. The van der Waals surface area contributed by atoms with Crippen molar-refractivity contribution in [2.45, 2.75) is 0 Å². The van der Waals surface area contributed by atoms with Crippen molar-refractivity contribution >= 4 is 61.5 Å². The Kier molecular flexibility index (Phi) is 5.22. The summed E-state index contributed by atoms with van der Waals surface area (Å²) in [5.74, 6) is 0.186. The number of thiazole rings is 1. The van der Waals surface area contributed by atoms with Crippen molar-refractivity contribution in [1.29, 1.82) is 0 Å². The van der Waals surface area contributed by atoms with Gasteiger partial charge in [0.15, 0.2) is 5.13 Å². The first-order valence-corrected chi connectivity index (χ1v) is 9.94. The Labute approximate surface area is 175 Å². The Morgan fingerprint density at radius 2 is 1.75 bits per heavy atom. The lowest BCUT2D eigenvalue weighted by Crippen LogP contribution is -2.26. The van der Waals surface area contributed by atoms with Gasteiger partial charge in [0.05, 0.1) is 38.6 Å². The number of carbonyl (C=O) groups excluding carboxylic acids is 1. The van der Waals surface area contributed by atoms with Crippen LogP contribution in [-0.4, -0.2) is 18.0 Å². The molecule has 4 nitrogen and oxygen atoms in total. The average Bonchev–Trinajstić information content (AvgIpc) is 3.13. The van der Waals surface area contributed by atoms with Gasteiger partial charge in [-0.25, -0.2) is 4.98 Å². The van der Waals surface area contributed by atoms with E-state index in [1.165, 1.54) is 23.3 Å². The first-order chi connectivity index (χ1) is 13.6. The Hall–Kier alpha value is -2.60. The Bertz CT molecular complexity index is 1140. The van der Waals surface area contributed by atoms with Crippen molar-refractivity contribution in [3.8, 4) is 5.75 Å². The first-order valence-electron chi connectivity index (χ1n) is 8.36. The highest BCUT2D eigenvalue weighted by Gasteiger charge is 2.25. The molecule has 0 fully saturated rings. The minimum absolute atomic E-state index is 0.283. The summed E-state index contributed by atoms with van der Waals surface area (Å²) in [7, 11) is 1.53. The van der Waals surface area contributed by atoms with Crippen LogP contribution in [0.15, 0.2) is 66.7 Å². The van der Waals surface area contributed by atoms with Crippen LogP contribution in [0.2, 0.25) is 10.0 Å². The molecule has 0 saturated heterocycles. The second-order valence-corrected chi connectivity index (χ2v) is 7.73. The summed E-state index contributed by atoms with van der Waals surface area (Å²) in [4.78, 5) is 19.6. The van der Waals surface area contributed by atoms with Crippen molar-refractivity contribution in [2.24, 2.45) is 0 Å². The Morgan fingerprint density at radius 3 is 2.50 bits per heavy atom. The highest BCUT2D eigenvalue weighted by Crippen LogP contribution is 2.38. The molecular weight excluding hydrogens is 415 g/mol. The quantitative estimate of drug-likeness (QED) is 0.368. The van der Waals surface area contributed by atoms with E-state index >= 15 is 0 Å². The lowest BCUT2D eigenvalue weighted by molar-refractivity contribution is 0.0999. The fourth-order valence-corrected chi connectivity index (χ4v) is 4.21. The molecule has 0 bridgehead atoms. The lowest BCUT2D eigenvalue weighted by atomic mass is 10.2. The van der Waals surface area contributed by atoms with Crippen LogP contribution in [0.25, 0.3) is 10.2 Å². The molecule has 1 aromatic heterocycles. The van der Waals surface area contributed by atoms with Gasteiger partial charge in [0, 0.05) is 6.07 Å². The van der Waals surface area contributed by atoms with Crippen LogP contribution < -0.4 is 9.64 Å². The molecule has 0 N–H and O–H groups in total. The van der Waals surface area contributed by atoms with Gasteiger partial charge in [0.25, 0.3) is 5.91 Å². The summed E-state index contributed by atoms with van der Waals surface area (Å²) in [6, 6.07) is 19.8. The number of aromatic nitrogens is 1. The summed E-state index contributed by atoms with van der Waals surface area (Å²) in [5.41, 5.74) is 1.79. The molecule has 140 valence electrons. The van der Waals surface area contributed by atoms with E-state index in [0.29, 0.717) is 32.2 Å². The predicted octanol–water partition coefficient (Wildman–Crippen LogP) is 6.59. The standard InChI is InChI=1S/C21H14Cl2N2O2S/c1-27-18-12-13(10-11-16(18)23)25(20(26)14-6-2-3-7-15(14)22)21-24-17-8-4-5-9-19(17)28-21/h2-12H,1H3. The van der Waals surface area contributed by atoms with Crippen LogP contribution in [0, 0.1) is 0 Å². The maximum Gasteiger partial charge on any atom is 0.266 e. The van der Waals surface area contributed by atoms with Gasteiger partial charge in [-0.2, -0.15) is 0 Å². The second-order valence-electron chi connectivity index (χ2n) is 5.90. The minimum Gasteiger partial charge on any atom is -0.495 e. The van der Waals surface area contributed by atoms with E-state index in [9.17, 15) is 4.79 Å². The molecule has 0 aliphatic heterocycles. The SMILES string of the molecule is COc1cc(N(C(=O)c2ccccc2Cl)c2nc3ccccc3s2)ccc1Cl. The van der Waals surface area contributed by atoms with Crippen LogP contribution in [0.1, 0.15) is 10.4 Å². The molecule has 1 amide bonds. The van der Waals surface area contributed by atoms with E-state index in [1.54, 1.807) is 42.5 Å². The number of hydrogen-bond donors (Lipinski definition) is 0. The number of para-hydroxylation sites is 1. The van der Waals surface area contributed by atoms with Crippen LogP contribution >= 0.6 is 34.5 Å². The van der Waals surface area contributed by atoms with Crippen molar-refractivity contribution in [2.75, 3.05) is 12.0 Å². The number of ether oxygens (including phenoxy) is 1. The van der Waals surface area contributed by atoms with E-state index in [1.807, 2.05) is 24.3 Å². The summed E-state index contributed by atoms with van der Waals surface area (Å²) < 4.78 is 6.31. The van der Waals surface area contributed by atoms with Gasteiger partial charge in [-0.05, 0) is 36.4 Å². The molecule has 7 heteroatoms. The summed E-state index contributed by atoms with van der Waals surface area (Å²) in [5, 5.41) is 1.37. The van der Waals surface area contributed by atoms with Gasteiger partial charge < -0.3 is 4.74 Å². The second kappa shape index (κ2) is 7.80. The van der Waals surface area contributed by atoms with E-state index in [2.05, 4.69) is 4.98 Å². The largest absolute Gasteiger partial charge is 0.495 e. The number of anilines is 2. The van der Waals surface area contributed by atoms with Gasteiger partial charge in [-0.3, -0.25) is 9.69 Å². The zero-order chi connectivity index (χ0) is 19.7. The fraction of sp³-hybridized carbons (Fsp3) is 0.0476. The van der Waals surface area contributed by atoms with Gasteiger partial charge >= 0.3 is 0 Å². The summed E-state index contributed by atoms with van der Waals surface area (Å²) in [6.07, 6.45) is 0. The molecule has 0 aliphatic carbocycles. The normalized spacial score (nSPS) is 10.8. The number of nitrogens with zero attached hydrogens (tertiary/aromatic N) is 2. The molecule has 0 unspecified atom stereocenters. The van der Waals surface area contributed by atoms with E-state index in [0.717, 1.165) is 10.2 Å². The van der Waals surface area contributed by atoms with E-state index in [4.69, 9.17) is 27.9 Å². The number of hydrogen-bond acceptors (Lipinski definition) is 4. The third-order valence-electron chi connectivity index (χ3n) is 4.17. The van der Waals surface area contributed by atoms with Gasteiger partial charge in [-0.1, -0.05) is 58.8 Å². The third kappa shape index (κ3) is 3.44. The summed E-state index contributed by atoms with van der Waals surface area (Å²) >= 11 is 13.9. The molecule has 3 aromatic carbocycles. The predicted molar refractivity (Wildman–Crippen MR) is 116 cm³/mol. The molecule has 0 radical (unpaired) electrons. The van der Waals surface area contributed by atoms with Gasteiger partial charge in [0.2, 0.25) is 0 Å². The number of amides is 1. The van der Waals surface area contributed by atoms with Gasteiger partial charge in [-0.15, -0.1) is 0 Å². The maximum absolute atomic E-state index is 13.5. The molecule has 0 atom stereocenters. The zero-order valence-corrected chi connectivity index (χ0v) is 17.1. The fourth-order valence-electron chi connectivity index (χ4n) is 2.81. The van der Waals surface area contributed by atoms with Crippen molar-refractivity contribution in [1.82, 2.24) is 4.98 Å². The number of benzene rings is 3. The van der Waals surface area contributed by atoms with Crippen LogP contribution in [0.4, 0.5) is 10.8 Å². The molecular formula is C21H14Cl2N2O2S. The number of carbonyl (C=O) groups is 1. The molecule has 4 aromatic rings. The minimum atomic E-state index is -0.283. The smallest absolute Gasteiger partial charge is 0.266 e. The lowest BCUT2D eigenvalue weighted by Gasteiger charge is -2.21. The summed E-state index contributed by atoms with van der Waals surface area (Å²) in [6.45, 7) is 0. The highest BCUT2D eigenvalue weighted by atomic mass is 35.5. The zero-order valence-electron chi connectivity index (χ0n) is 14.7. The van der Waals surface area contributed by atoms with Crippen molar-refractivity contribution in [3.63, 3.8) is 0 Å². The molecule has 1 heterocycles. The Morgan fingerprint density at radius 1 is 1.00 bits per heavy atom. The first kappa shape index (κ1) is 18.7. The van der Waals surface area contributed by atoms with Crippen molar-refractivity contribution in [3.05, 3.63) is 82.3 Å². The van der Waals surface area contributed by atoms with Gasteiger partial charge in [0.1, 0.15) is 5.75 Å². The molecule has 0 saturated carbocycles. The van der Waals surface area contributed by atoms with E-state index < -0.39 is 0 Å². The molecule has 4 rings (SSSR count). The molecule has 0 aliphatic rings. The third-order valence-corrected chi connectivity index (χ3v) is 5.84. The number of fused-ring (bicyclic) bond motifs is 1. The van der Waals surface area contributed by atoms with Crippen LogP contribution in [-0.2, 0) is 0 Å². The monoisotopic (exact) mass is 428 g/mol. The number of rotatable bonds is 4. The van der Waals surface area contributed by atoms with E-state index in [-0.39, 0.29) is 5.91 Å². The average molecular weight is 429 g/mol. The molecule has 28 heavy (non-hydrogen) atoms. The number of methoxy groups -OCH3 is 1. The molecule has 0 spiro atoms. The maximum atomic E-state index is 13.5. The Balaban J connectivity index is 1.90.